The molecule has 0 saturated carbocycles. The lowest BCUT2D eigenvalue weighted by Gasteiger charge is -2.44. The minimum Gasteiger partial charge on any atom is -0.372 e. The van der Waals surface area contributed by atoms with Crippen LogP contribution in [0.4, 0.5) is 0 Å². The summed E-state index contributed by atoms with van der Waals surface area (Å²) in [6.45, 7) is 19.8. The molecule has 0 rings (SSSR count). The van der Waals surface area contributed by atoms with E-state index in [2.05, 4.69) is 62.3 Å². The van der Waals surface area contributed by atoms with Gasteiger partial charge in [-0.2, -0.15) is 0 Å². The maximum atomic E-state index is 6.17. The van der Waals surface area contributed by atoms with Gasteiger partial charge in [-0.15, -0.1) is 0 Å². The number of hydrogen-bond donors (Lipinski definition) is 0. The summed E-state index contributed by atoms with van der Waals surface area (Å²) in [7, 11) is 0. The van der Waals surface area contributed by atoms with Gasteiger partial charge in [0.05, 0.1) is 11.7 Å². The highest BCUT2D eigenvalue weighted by Crippen LogP contribution is 2.38. The molecule has 86 valence electrons. The number of rotatable bonds is 1. The lowest BCUT2D eigenvalue weighted by atomic mass is 9.74. The first-order valence-corrected chi connectivity index (χ1v) is 5.52. The van der Waals surface area contributed by atoms with Gasteiger partial charge >= 0.3 is 0 Å². The van der Waals surface area contributed by atoms with E-state index in [1.807, 2.05) is 0 Å². The zero-order valence-electron chi connectivity index (χ0n) is 11.5. The van der Waals surface area contributed by atoms with Gasteiger partial charge in [0.25, 0.3) is 0 Å². The molecule has 0 saturated heterocycles. The minimum atomic E-state index is -0.0643. The first-order valence-electron chi connectivity index (χ1n) is 5.52. The van der Waals surface area contributed by atoms with E-state index in [4.69, 9.17) is 4.74 Å². The van der Waals surface area contributed by atoms with Crippen molar-refractivity contribution in [1.82, 2.24) is 0 Å². The highest BCUT2D eigenvalue weighted by Gasteiger charge is 2.38. The normalized spacial score (nSPS) is 15.0. The molecular formula is C13H28O. The lowest BCUT2D eigenvalue weighted by Crippen LogP contribution is -2.44. The molecule has 0 radical (unpaired) electrons. The Hall–Kier alpha value is -0.0400. The fourth-order valence-corrected chi connectivity index (χ4v) is 2.01. The average molecular weight is 200 g/mol. The van der Waals surface area contributed by atoms with Gasteiger partial charge in [-0.25, -0.2) is 0 Å². The van der Waals surface area contributed by atoms with Crippen LogP contribution in [0.1, 0.15) is 62.3 Å². The zero-order valence-corrected chi connectivity index (χ0v) is 11.5. The van der Waals surface area contributed by atoms with Crippen molar-refractivity contribution in [2.75, 3.05) is 0 Å². The van der Waals surface area contributed by atoms with Crippen molar-refractivity contribution in [3.05, 3.63) is 0 Å². The van der Waals surface area contributed by atoms with E-state index in [0.29, 0.717) is 0 Å². The molecule has 0 amide bonds. The molecule has 0 atom stereocenters. The van der Waals surface area contributed by atoms with Crippen molar-refractivity contribution in [1.29, 1.82) is 0 Å². The molecule has 0 N–H and O–H groups in total. The van der Waals surface area contributed by atoms with Crippen LogP contribution in [0.5, 0.6) is 0 Å². The molecule has 14 heavy (non-hydrogen) atoms. The highest BCUT2D eigenvalue weighted by atomic mass is 16.5. The van der Waals surface area contributed by atoms with Crippen molar-refractivity contribution >= 4 is 0 Å². The summed E-state index contributed by atoms with van der Waals surface area (Å²) in [5.74, 6) is 0. The monoisotopic (exact) mass is 200 g/mol. The Balaban J connectivity index is 4.78. The maximum Gasteiger partial charge on any atom is 0.0678 e. The van der Waals surface area contributed by atoms with Crippen LogP contribution in [0.25, 0.3) is 0 Å². The smallest absolute Gasteiger partial charge is 0.0678 e. The SMILES string of the molecule is CC(C)(C)OC(C(C)(C)C)C(C)(C)C. The molecule has 0 fully saturated rings. The second-order valence-electron chi connectivity index (χ2n) is 7.34. The Bertz CT molecular complexity index is 159. The van der Waals surface area contributed by atoms with Gasteiger partial charge in [0.15, 0.2) is 0 Å². The van der Waals surface area contributed by atoms with E-state index >= 15 is 0 Å². The molecule has 0 aromatic rings. The van der Waals surface area contributed by atoms with Crippen LogP contribution in [0, 0.1) is 10.8 Å². The summed E-state index contributed by atoms with van der Waals surface area (Å²) >= 11 is 0. The predicted molar refractivity (Wildman–Crippen MR) is 63.5 cm³/mol. The minimum absolute atomic E-state index is 0.0643. The van der Waals surface area contributed by atoms with E-state index in [0.717, 1.165) is 0 Å². The number of ether oxygens (including phenoxy) is 1. The quantitative estimate of drug-likeness (QED) is 0.614. The standard InChI is InChI=1S/C13H28O/c1-11(2,3)10(12(4,5)6)14-13(7,8)9/h10H,1-9H3. The molecule has 0 spiro atoms. The van der Waals surface area contributed by atoms with Crippen LogP contribution >= 0.6 is 0 Å². The van der Waals surface area contributed by atoms with Crippen molar-refractivity contribution < 1.29 is 4.74 Å². The Morgan fingerprint density at radius 2 is 0.929 bits per heavy atom. The van der Waals surface area contributed by atoms with Gasteiger partial charge in [-0.05, 0) is 31.6 Å². The molecule has 0 aliphatic carbocycles. The van der Waals surface area contributed by atoms with Crippen LogP contribution in [-0.2, 0) is 4.74 Å². The zero-order chi connectivity index (χ0) is 11.8. The Kier molecular flexibility index (Phi) is 3.83. The van der Waals surface area contributed by atoms with Gasteiger partial charge < -0.3 is 4.74 Å². The van der Waals surface area contributed by atoms with E-state index in [-0.39, 0.29) is 22.5 Å². The van der Waals surface area contributed by atoms with Crippen molar-refractivity contribution in [2.24, 2.45) is 10.8 Å². The Labute approximate surface area is 90.2 Å². The molecule has 1 heteroatoms. The number of hydrogen-bond acceptors (Lipinski definition) is 1. The molecule has 0 aromatic carbocycles. The summed E-state index contributed by atoms with van der Waals surface area (Å²) in [4.78, 5) is 0. The molecule has 0 aliphatic heterocycles. The Morgan fingerprint density at radius 1 is 0.643 bits per heavy atom. The summed E-state index contributed by atoms with van der Waals surface area (Å²) in [5, 5.41) is 0. The predicted octanol–water partition coefficient (Wildman–Crippen LogP) is 4.26. The van der Waals surface area contributed by atoms with Crippen molar-refractivity contribution in [3.63, 3.8) is 0 Å². The van der Waals surface area contributed by atoms with Crippen LogP contribution in [0.15, 0.2) is 0 Å². The van der Waals surface area contributed by atoms with Gasteiger partial charge in [0.1, 0.15) is 0 Å². The third-order valence-corrected chi connectivity index (χ3v) is 2.04. The van der Waals surface area contributed by atoms with Crippen LogP contribution in [0.3, 0.4) is 0 Å². The maximum absolute atomic E-state index is 6.17. The van der Waals surface area contributed by atoms with Crippen LogP contribution < -0.4 is 0 Å². The first kappa shape index (κ1) is 14.0. The molecule has 0 heterocycles. The summed E-state index contributed by atoms with van der Waals surface area (Å²) < 4.78 is 6.17. The highest BCUT2D eigenvalue weighted by molar-refractivity contribution is 4.86. The molecule has 0 bridgehead atoms. The molecule has 1 nitrogen and oxygen atoms in total. The Morgan fingerprint density at radius 3 is 1.00 bits per heavy atom. The topological polar surface area (TPSA) is 9.23 Å². The second kappa shape index (κ2) is 3.84. The first-order chi connectivity index (χ1) is 5.84. The average Bonchev–Trinajstić information content (AvgIpc) is 1.75. The molecular weight excluding hydrogens is 172 g/mol. The summed E-state index contributed by atoms with van der Waals surface area (Å²) in [6, 6.07) is 0. The van der Waals surface area contributed by atoms with Crippen molar-refractivity contribution in [3.8, 4) is 0 Å². The molecule has 0 aliphatic rings. The fraction of sp³-hybridized carbons (Fsp3) is 1.00. The van der Waals surface area contributed by atoms with Crippen molar-refractivity contribution in [2.45, 2.75) is 74.0 Å². The van der Waals surface area contributed by atoms with Crippen LogP contribution in [-0.4, -0.2) is 11.7 Å². The largest absolute Gasteiger partial charge is 0.372 e. The van der Waals surface area contributed by atoms with Gasteiger partial charge in [0, 0.05) is 0 Å². The van der Waals surface area contributed by atoms with E-state index in [1.165, 1.54) is 0 Å². The third-order valence-electron chi connectivity index (χ3n) is 2.04. The summed E-state index contributed by atoms with van der Waals surface area (Å²) in [6.07, 6.45) is 0.273. The summed E-state index contributed by atoms with van der Waals surface area (Å²) in [5.41, 5.74) is 0.308. The van der Waals surface area contributed by atoms with E-state index in [9.17, 15) is 0 Å². The van der Waals surface area contributed by atoms with E-state index in [1.54, 1.807) is 0 Å². The third kappa shape index (κ3) is 4.99. The molecule has 0 unspecified atom stereocenters. The van der Waals surface area contributed by atoms with Gasteiger partial charge in [0.2, 0.25) is 0 Å². The van der Waals surface area contributed by atoms with Gasteiger partial charge in [-0.3, -0.25) is 0 Å². The van der Waals surface area contributed by atoms with Gasteiger partial charge in [-0.1, -0.05) is 41.5 Å². The fourth-order valence-electron chi connectivity index (χ4n) is 2.01. The lowest BCUT2D eigenvalue weighted by molar-refractivity contribution is -0.149. The van der Waals surface area contributed by atoms with Crippen LogP contribution in [0.2, 0.25) is 0 Å². The van der Waals surface area contributed by atoms with E-state index < -0.39 is 0 Å². The second-order valence-corrected chi connectivity index (χ2v) is 7.34. The molecule has 0 aromatic heterocycles.